The lowest BCUT2D eigenvalue weighted by molar-refractivity contribution is 0.329. The zero-order chi connectivity index (χ0) is 15.2. The van der Waals surface area contributed by atoms with Gasteiger partial charge in [-0.15, -0.1) is 0 Å². The lowest BCUT2D eigenvalue weighted by Crippen LogP contribution is -2.22. The number of hydrogen-bond acceptors (Lipinski definition) is 5. The third-order valence-electron chi connectivity index (χ3n) is 3.39. The number of benzene rings is 1. The van der Waals surface area contributed by atoms with Crippen LogP contribution < -0.4 is 5.32 Å². The molecule has 0 amide bonds. The normalized spacial score (nSPS) is 14.3. The van der Waals surface area contributed by atoms with Crippen molar-refractivity contribution in [1.82, 2.24) is 15.5 Å². The predicted molar refractivity (Wildman–Crippen MR) is 87.4 cm³/mol. The van der Waals surface area contributed by atoms with Crippen LogP contribution in [0.3, 0.4) is 0 Å². The first-order chi connectivity index (χ1) is 10.1. The summed E-state index contributed by atoms with van der Waals surface area (Å²) in [7, 11) is 1.96. The van der Waals surface area contributed by atoms with Crippen molar-refractivity contribution in [3.05, 3.63) is 47.6 Å². The minimum Gasteiger partial charge on any atom is -0.339 e. The molecule has 0 aliphatic rings. The van der Waals surface area contributed by atoms with Gasteiger partial charge in [0.1, 0.15) is 0 Å². The molecule has 2 aromatic rings. The Bertz CT molecular complexity index is 541. The summed E-state index contributed by atoms with van der Waals surface area (Å²) in [5.41, 5.74) is 1.23. The van der Waals surface area contributed by atoms with Gasteiger partial charge in [0.15, 0.2) is 5.82 Å². The van der Waals surface area contributed by atoms with Gasteiger partial charge in [-0.25, -0.2) is 0 Å². The number of nitrogens with zero attached hydrogens (tertiary/aromatic N) is 2. The zero-order valence-electron chi connectivity index (χ0n) is 13.0. The Morgan fingerprint density at radius 2 is 1.90 bits per heavy atom. The molecule has 0 fully saturated rings. The topological polar surface area (TPSA) is 51.0 Å². The van der Waals surface area contributed by atoms with E-state index in [0.717, 1.165) is 11.6 Å². The molecule has 5 heteroatoms. The average Bonchev–Trinajstić information content (AvgIpc) is 2.96. The van der Waals surface area contributed by atoms with Gasteiger partial charge in [-0.3, -0.25) is 0 Å². The molecule has 21 heavy (non-hydrogen) atoms. The molecule has 114 valence electrons. The maximum Gasteiger partial charge on any atom is 0.231 e. The van der Waals surface area contributed by atoms with Crippen LogP contribution in [-0.4, -0.2) is 22.4 Å². The van der Waals surface area contributed by atoms with Crippen LogP contribution in [0.2, 0.25) is 0 Å². The van der Waals surface area contributed by atoms with Crippen LogP contribution in [-0.2, 0) is 5.75 Å². The van der Waals surface area contributed by atoms with Crippen molar-refractivity contribution >= 4 is 11.8 Å². The first kappa shape index (κ1) is 16.0. The van der Waals surface area contributed by atoms with Gasteiger partial charge in [0.05, 0.1) is 11.7 Å². The van der Waals surface area contributed by atoms with Gasteiger partial charge in [0.2, 0.25) is 5.89 Å². The molecule has 1 heterocycles. The molecule has 0 saturated heterocycles. The molecule has 1 aromatic carbocycles. The summed E-state index contributed by atoms with van der Waals surface area (Å²) in [6, 6.07) is 10.5. The fourth-order valence-corrected chi connectivity index (χ4v) is 2.86. The van der Waals surface area contributed by atoms with Gasteiger partial charge in [-0.05, 0) is 17.9 Å². The summed E-state index contributed by atoms with van der Waals surface area (Å²) < 4.78 is 5.45. The van der Waals surface area contributed by atoms with Crippen LogP contribution in [0.4, 0.5) is 0 Å². The van der Waals surface area contributed by atoms with Crippen molar-refractivity contribution in [3.63, 3.8) is 0 Å². The largest absolute Gasteiger partial charge is 0.339 e. The van der Waals surface area contributed by atoms with E-state index in [-0.39, 0.29) is 12.0 Å². The lowest BCUT2D eigenvalue weighted by Gasteiger charge is -2.21. The van der Waals surface area contributed by atoms with E-state index in [1.807, 2.05) is 37.0 Å². The molecule has 1 N–H and O–H groups in total. The van der Waals surface area contributed by atoms with Gasteiger partial charge < -0.3 is 9.84 Å². The van der Waals surface area contributed by atoms with E-state index in [9.17, 15) is 0 Å². The lowest BCUT2D eigenvalue weighted by atomic mass is 9.94. The van der Waals surface area contributed by atoms with Crippen LogP contribution in [0.15, 0.2) is 34.9 Å². The Hall–Kier alpha value is -1.33. The van der Waals surface area contributed by atoms with E-state index in [0.29, 0.717) is 11.1 Å². The SMILES string of the molecule is CNC(c1ccccc1)C(C)c1nc(CSC(C)C)no1. The van der Waals surface area contributed by atoms with Crippen molar-refractivity contribution in [2.75, 3.05) is 7.05 Å². The first-order valence-corrected chi connectivity index (χ1v) is 8.33. The summed E-state index contributed by atoms with van der Waals surface area (Å²) in [6.45, 7) is 6.45. The highest BCUT2D eigenvalue weighted by atomic mass is 32.2. The molecule has 2 atom stereocenters. The van der Waals surface area contributed by atoms with E-state index in [1.165, 1.54) is 5.56 Å². The third-order valence-corrected chi connectivity index (χ3v) is 4.48. The Kier molecular flexibility index (Phi) is 5.82. The highest BCUT2D eigenvalue weighted by Crippen LogP contribution is 2.29. The molecule has 2 rings (SSSR count). The molecule has 1 aromatic heterocycles. The summed E-state index contributed by atoms with van der Waals surface area (Å²) >= 11 is 1.82. The van der Waals surface area contributed by atoms with Crippen LogP contribution in [0.25, 0.3) is 0 Å². The van der Waals surface area contributed by atoms with Crippen molar-refractivity contribution in [1.29, 1.82) is 0 Å². The highest BCUT2D eigenvalue weighted by molar-refractivity contribution is 7.99. The molecular weight excluding hydrogens is 282 g/mol. The predicted octanol–water partition coefficient (Wildman–Crippen LogP) is 3.78. The second-order valence-electron chi connectivity index (χ2n) is 5.37. The van der Waals surface area contributed by atoms with Crippen molar-refractivity contribution in [2.45, 2.75) is 43.7 Å². The first-order valence-electron chi connectivity index (χ1n) is 7.28. The van der Waals surface area contributed by atoms with E-state index in [1.54, 1.807) is 0 Å². The van der Waals surface area contributed by atoms with Crippen molar-refractivity contribution in [2.24, 2.45) is 0 Å². The summed E-state index contributed by atoms with van der Waals surface area (Å²) in [5, 5.41) is 8.00. The minimum atomic E-state index is 0.127. The summed E-state index contributed by atoms with van der Waals surface area (Å²) in [5.74, 6) is 2.39. The molecule has 0 aliphatic carbocycles. The number of thioether (sulfide) groups is 1. The van der Waals surface area contributed by atoms with Gasteiger partial charge in [0, 0.05) is 6.04 Å². The van der Waals surface area contributed by atoms with Crippen LogP contribution in [0.1, 0.15) is 50.0 Å². The summed E-state index contributed by atoms with van der Waals surface area (Å²) in [6.07, 6.45) is 0. The molecule has 0 radical (unpaired) electrons. The standard InChI is InChI=1S/C16H23N3OS/c1-11(2)21-10-14-18-16(20-19-14)12(3)15(17-4)13-8-6-5-7-9-13/h5-9,11-12,15,17H,10H2,1-4H3. The number of hydrogen-bond donors (Lipinski definition) is 1. The summed E-state index contributed by atoms with van der Waals surface area (Å²) in [4.78, 5) is 4.54. The van der Waals surface area contributed by atoms with E-state index < -0.39 is 0 Å². The number of aromatic nitrogens is 2. The maximum absolute atomic E-state index is 5.45. The average molecular weight is 305 g/mol. The van der Waals surface area contributed by atoms with Crippen molar-refractivity contribution < 1.29 is 4.52 Å². The highest BCUT2D eigenvalue weighted by Gasteiger charge is 2.24. The van der Waals surface area contributed by atoms with Crippen molar-refractivity contribution in [3.8, 4) is 0 Å². The van der Waals surface area contributed by atoms with E-state index >= 15 is 0 Å². The Morgan fingerprint density at radius 3 is 2.52 bits per heavy atom. The van der Waals surface area contributed by atoms with Gasteiger partial charge in [0.25, 0.3) is 0 Å². The fraction of sp³-hybridized carbons (Fsp3) is 0.500. The number of likely N-dealkylation sites (N-methyl/N-ethyl adjacent to an activating group) is 1. The molecule has 2 unspecified atom stereocenters. The quantitative estimate of drug-likeness (QED) is 0.843. The zero-order valence-corrected chi connectivity index (χ0v) is 13.9. The molecule has 0 saturated carbocycles. The molecule has 0 bridgehead atoms. The fourth-order valence-electron chi connectivity index (χ4n) is 2.26. The molecule has 4 nitrogen and oxygen atoms in total. The van der Waals surface area contributed by atoms with E-state index in [2.05, 4.69) is 48.4 Å². The van der Waals surface area contributed by atoms with Gasteiger partial charge >= 0.3 is 0 Å². The van der Waals surface area contributed by atoms with Crippen LogP contribution in [0, 0.1) is 0 Å². The molecule has 0 spiro atoms. The van der Waals surface area contributed by atoms with Crippen LogP contribution in [0.5, 0.6) is 0 Å². The molecular formula is C16H23N3OS. The minimum absolute atomic E-state index is 0.127. The maximum atomic E-state index is 5.45. The number of nitrogens with one attached hydrogen (secondary N) is 1. The Labute approximate surface area is 130 Å². The molecule has 0 aliphatic heterocycles. The van der Waals surface area contributed by atoms with Crippen LogP contribution >= 0.6 is 11.8 Å². The van der Waals surface area contributed by atoms with E-state index in [4.69, 9.17) is 4.52 Å². The second-order valence-corrected chi connectivity index (χ2v) is 6.94. The number of rotatable bonds is 7. The third kappa shape index (κ3) is 4.32. The Balaban J connectivity index is 2.09. The van der Waals surface area contributed by atoms with Gasteiger partial charge in [-0.2, -0.15) is 16.7 Å². The van der Waals surface area contributed by atoms with Gasteiger partial charge in [-0.1, -0.05) is 56.3 Å². The Morgan fingerprint density at radius 1 is 1.19 bits per heavy atom. The second kappa shape index (κ2) is 7.61. The smallest absolute Gasteiger partial charge is 0.231 e. The monoisotopic (exact) mass is 305 g/mol.